The normalized spacial score (nSPS) is 15.0. The number of phenolic OH excluding ortho intramolecular Hbond substituents is 1. The third-order valence-corrected chi connectivity index (χ3v) is 3.94. The fourth-order valence-electron chi connectivity index (χ4n) is 2.33. The molecule has 1 aromatic rings. The average molecular weight is 383 g/mol. The van der Waals surface area contributed by atoms with Crippen LogP contribution in [0.15, 0.2) is 17.2 Å². The summed E-state index contributed by atoms with van der Waals surface area (Å²) >= 11 is 5.11. The molecule has 0 spiro atoms. The second-order valence-electron chi connectivity index (χ2n) is 5.42. The SMILES string of the molecule is COc1cc([N+](=O)[O-])cc(/C=N/NC(=S)NCCN2CCOCC2)c1O. The monoisotopic (exact) mass is 383 g/mol. The molecule has 1 saturated heterocycles. The van der Waals surface area contributed by atoms with Crippen molar-refractivity contribution in [2.75, 3.05) is 46.5 Å². The largest absolute Gasteiger partial charge is 0.504 e. The number of nitro groups is 1. The van der Waals surface area contributed by atoms with E-state index in [-0.39, 0.29) is 22.7 Å². The first-order chi connectivity index (χ1) is 12.5. The van der Waals surface area contributed by atoms with E-state index in [0.29, 0.717) is 11.7 Å². The Balaban J connectivity index is 1.85. The zero-order valence-corrected chi connectivity index (χ0v) is 15.1. The Labute approximate surface area is 155 Å². The van der Waals surface area contributed by atoms with Gasteiger partial charge in [-0.05, 0) is 12.2 Å². The van der Waals surface area contributed by atoms with Gasteiger partial charge >= 0.3 is 0 Å². The first-order valence-corrected chi connectivity index (χ1v) is 8.34. The third kappa shape index (κ3) is 5.79. The molecule has 2 rings (SSSR count). The van der Waals surface area contributed by atoms with Crippen molar-refractivity contribution >= 4 is 29.2 Å². The number of nitrogens with zero attached hydrogens (tertiary/aromatic N) is 3. The van der Waals surface area contributed by atoms with Crippen molar-refractivity contribution in [2.24, 2.45) is 5.10 Å². The average Bonchev–Trinajstić information content (AvgIpc) is 2.63. The van der Waals surface area contributed by atoms with Crippen LogP contribution < -0.4 is 15.5 Å². The summed E-state index contributed by atoms with van der Waals surface area (Å²) in [6.45, 7) is 4.75. The van der Waals surface area contributed by atoms with E-state index < -0.39 is 4.92 Å². The Morgan fingerprint density at radius 1 is 1.54 bits per heavy atom. The van der Waals surface area contributed by atoms with Gasteiger partial charge in [0.2, 0.25) is 0 Å². The number of nitro benzene ring substituents is 1. The molecule has 10 nitrogen and oxygen atoms in total. The molecule has 0 amide bonds. The van der Waals surface area contributed by atoms with Crippen LogP contribution in [0.5, 0.6) is 11.5 Å². The molecule has 26 heavy (non-hydrogen) atoms. The van der Waals surface area contributed by atoms with Crippen LogP contribution in [0, 0.1) is 10.1 Å². The van der Waals surface area contributed by atoms with Crippen molar-refractivity contribution < 1.29 is 19.5 Å². The fraction of sp³-hybridized carbons (Fsp3) is 0.467. The standard InChI is InChI=1S/C15H21N5O5S/c1-24-13-9-12(20(22)23)8-11(14(13)21)10-17-18-15(26)16-2-3-19-4-6-25-7-5-19/h8-10,21H,2-7H2,1H3,(H2,16,18,26)/b17-10+. The molecule has 0 bridgehead atoms. The van der Waals surface area contributed by atoms with Crippen LogP contribution in [-0.2, 0) is 4.74 Å². The Kier molecular flexibility index (Phi) is 7.51. The third-order valence-electron chi connectivity index (χ3n) is 3.71. The minimum absolute atomic E-state index is 0.00753. The number of thiocarbonyl (C=S) groups is 1. The van der Waals surface area contributed by atoms with Gasteiger partial charge in [0.1, 0.15) is 0 Å². The van der Waals surface area contributed by atoms with Crippen molar-refractivity contribution in [1.82, 2.24) is 15.6 Å². The summed E-state index contributed by atoms with van der Waals surface area (Å²) in [7, 11) is 1.31. The number of hydrogen-bond acceptors (Lipinski definition) is 8. The lowest BCUT2D eigenvalue weighted by atomic mass is 10.2. The van der Waals surface area contributed by atoms with E-state index in [4.69, 9.17) is 21.7 Å². The number of methoxy groups -OCH3 is 1. The van der Waals surface area contributed by atoms with Gasteiger partial charge in [-0.2, -0.15) is 5.10 Å². The van der Waals surface area contributed by atoms with Crippen LogP contribution in [-0.4, -0.2) is 72.8 Å². The molecule has 142 valence electrons. The Morgan fingerprint density at radius 2 is 2.27 bits per heavy atom. The topological polar surface area (TPSA) is 121 Å². The highest BCUT2D eigenvalue weighted by Crippen LogP contribution is 2.33. The molecular weight excluding hydrogens is 362 g/mol. The summed E-state index contributed by atoms with van der Waals surface area (Å²) in [4.78, 5) is 12.6. The molecule has 0 radical (unpaired) electrons. The maximum Gasteiger partial charge on any atom is 0.274 e. The van der Waals surface area contributed by atoms with E-state index in [0.717, 1.165) is 38.9 Å². The molecule has 11 heteroatoms. The molecule has 1 aliphatic rings. The summed E-state index contributed by atoms with van der Waals surface area (Å²) in [5.74, 6) is -0.248. The smallest absolute Gasteiger partial charge is 0.274 e. The lowest BCUT2D eigenvalue weighted by molar-refractivity contribution is -0.385. The number of non-ortho nitro benzene ring substituents is 1. The maximum absolute atomic E-state index is 10.9. The van der Waals surface area contributed by atoms with E-state index in [2.05, 4.69) is 20.7 Å². The van der Waals surface area contributed by atoms with Crippen molar-refractivity contribution in [3.05, 3.63) is 27.8 Å². The lowest BCUT2D eigenvalue weighted by Gasteiger charge is -2.26. The van der Waals surface area contributed by atoms with E-state index >= 15 is 0 Å². The molecule has 0 atom stereocenters. The summed E-state index contributed by atoms with van der Waals surface area (Å²) in [5.41, 5.74) is 2.53. The summed E-state index contributed by atoms with van der Waals surface area (Å²) in [5, 5.41) is 28.2. The Bertz CT molecular complexity index is 679. The molecule has 0 aromatic heterocycles. The summed E-state index contributed by atoms with van der Waals surface area (Å²) in [6, 6.07) is 2.33. The van der Waals surface area contributed by atoms with Crippen LogP contribution in [0.2, 0.25) is 0 Å². The molecule has 0 saturated carbocycles. The number of rotatable bonds is 7. The highest BCUT2D eigenvalue weighted by molar-refractivity contribution is 7.80. The number of nitrogens with one attached hydrogen (secondary N) is 2. The van der Waals surface area contributed by atoms with Crippen molar-refractivity contribution in [3.63, 3.8) is 0 Å². The summed E-state index contributed by atoms with van der Waals surface area (Å²) in [6.07, 6.45) is 1.24. The van der Waals surface area contributed by atoms with E-state index in [1.165, 1.54) is 19.4 Å². The predicted octanol–water partition coefficient (Wildman–Crippen LogP) is 0.439. The van der Waals surface area contributed by atoms with Gasteiger partial charge in [0.15, 0.2) is 16.6 Å². The first kappa shape index (κ1) is 19.8. The second kappa shape index (κ2) is 9.85. The number of hydrogen-bond donors (Lipinski definition) is 3. The molecule has 3 N–H and O–H groups in total. The van der Waals surface area contributed by atoms with Crippen LogP contribution in [0.1, 0.15) is 5.56 Å². The van der Waals surface area contributed by atoms with Gasteiger partial charge in [0.25, 0.3) is 5.69 Å². The molecule has 0 aliphatic carbocycles. The van der Waals surface area contributed by atoms with Gasteiger partial charge < -0.3 is 19.9 Å². The molecule has 0 unspecified atom stereocenters. The van der Waals surface area contributed by atoms with Crippen LogP contribution in [0.25, 0.3) is 0 Å². The quantitative estimate of drug-likeness (QED) is 0.266. The number of morpholine rings is 1. The lowest BCUT2D eigenvalue weighted by Crippen LogP contribution is -2.42. The first-order valence-electron chi connectivity index (χ1n) is 7.93. The van der Waals surface area contributed by atoms with Crippen molar-refractivity contribution in [2.45, 2.75) is 0 Å². The predicted molar refractivity (Wildman–Crippen MR) is 99.9 cm³/mol. The zero-order valence-electron chi connectivity index (χ0n) is 14.3. The van der Waals surface area contributed by atoms with Crippen molar-refractivity contribution in [3.8, 4) is 11.5 Å². The maximum atomic E-state index is 10.9. The minimum Gasteiger partial charge on any atom is -0.504 e. The molecular formula is C15H21N5O5S. The summed E-state index contributed by atoms with van der Waals surface area (Å²) < 4.78 is 10.2. The van der Waals surface area contributed by atoms with Crippen LogP contribution >= 0.6 is 12.2 Å². The minimum atomic E-state index is -0.579. The highest BCUT2D eigenvalue weighted by Gasteiger charge is 2.15. The Hall–Kier alpha value is -2.50. The zero-order chi connectivity index (χ0) is 18.9. The highest BCUT2D eigenvalue weighted by atomic mass is 32.1. The van der Waals surface area contributed by atoms with Crippen LogP contribution in [0.4, 0.5) is 5.69 Å². The number of aromatic hydroxyl groups is 1. The number of ether oxygens (including phenoxy) is 2. The Morgan fingerprint density at radius 3 is 2.92 bits per heavy atom. The van der Waals surface area contributed by atoms with E-state index in [1.54, 1.807) is 0 Å². The van der Waals surface area contributed by atoms with Gasteiger partial charge in [0, 0.05) is 37.8 Å². The van der Waals surface area contributed by atoms with E-state index in [9.17, 15) is 15.2 Å². The number of benzene rings is 1. The molecule has 1 fully saturated rings. The number of phenols is 1. The van der Waals surface area contributed by atoms with Crippen molar-refractivity contribution in [1.29, 1.82) is 0 Å². The second-order valence-corrected chi connectivity index (χ2v) is 5.83. The van der Waals surface area contributed by atoms with Gasteiger partial charge in [0.05, 0.1) is 37.5 Å². The van der Waals surface area contributed by atoms with Gasteiger partial charge in [-0.3, -0.25) is 20.4 Å². The fourth-order valence-corrected chi connectivity index (χ4v) is 2.48. The molecule has 1 aromatic carbocycles. The van der Waals surface area contributed by atoms with Crippen LogP contribution in [0.3, 0.4) is 0 Å². The van der Waals surface area contributed by atoms with Gasteiger partial charge in [-0.1, -0.05) is 0 Å². The van der Waals surface area contributed by atoms with Gasteiger partial charge in [-0.25, -0.2) is 0 Å². The number of hydrazone groups is 1. The van der Waals surface area contributed by atoms with Gasteiger partial charge in [-0.15, -0.1) is 0 Å². The molecule has 1 aliphatic heterocycles. The molecule has 1 heterocycles. The van der Waals surface area contributed by atoms with E-state index in [1.807, 2.05) is 0 Å².